The van der Waals surface area contributed by atoms with Crippen LogP contribution in [0.3, 0.4) is 0 Å². The van der Waals surface area contributed by atoms with Crippen molar-refractivity contribution in [1.29, 1.82) is 0 Å². The van der Waals surface area contributed by atoms with Gasteiger partial charge in [-0.2, -0.15) is 0 Å². The summed E-state index contributed by atoms with van der Waals surface area (Å²) < 4.78 is 5.81. The summed E-state index contributed by atoms with van der Waals surface area (Å²) in [4.78, 5) is 27.2. The van der Waals surface area contributed by atoms with Crippen molar-refractivity contribution in [1.82, 2.24) is 10.1 Å². The molecule has 0 spiro atoms. The number of benzene rings is 1. The quantitative estimate of drug-likeness (QED) is 0.731. The van der Waals surface area contributed by atoms with Gasteiger partial charge in [0.1, 0.15) is 12.3 Å². The lowest BCUT2D eigenvalue weighted by Gasteiger charge is -2.29. The summed E-state index contributed by atoms with van der Waals surface area (Å²) in [7, 11) is 0. The summed E-state index contributed by atoms with van der Waals surface area (Å²) in [5.41, 5.74) is 0.574. The number of aryl methyl sites for hydroxylation is 1. The molecule has 6 nitrogen and oxygen atoms in total. The van der Waals surface area contributed by atoms with Gasteiger partial charge in [-0.05, 0) is 43.9 Å². The molecule has 1 aromatic carbocycles. The molecule has 0 atom stereocenters. The van der Waals surface area contributed by atoms with Crippen LogP contribution in [0.15, 0.2) is 39.3 Å². The van der Waals surface area contributed by atoms with E-state index < -0.39 is 0 Å². The fourth-order valence-corrected chi connectivity index (χ4v) is 3.89. The Bertz CT molecular complexity index is 799. The second kappa shape index (κ2) is 9.17. The number of nitrogens with zero attached hydrogens (tertiary/aromatic N) is 2. The van der Waals surface area contributed by atoms with Gasteiger partial charge < -0.3 is 14.7 Å². The predicted octanol–water partition coefficient (Wildman–Crippen LogP) is 4.41. The van der Waals surface area contributed by atoms with Crippen LogP contribution >= 0.6 is 15.9 Å². The highest BCUT2D eigenvalue weighted by Crippen LogP contribution is 2.25. The first kappa shape index (κ1) is 19.6. The van der Waals surface area contributed by atoms with Crippen LogP contribution in [0, 0.1) is 12.8 Å². The second-order valence-electron chi connectivity index (χ2n) is 7.07. The van der Waals surface area contributed by atoms with Crippen LogP contribution in [0.2, 0.25) is 0 Å². The van der Waals surface area contributed by atoms with E-state index in [0.29, 0.717) is 29.6 Å². The maximum atomic E-state index is 13.1. The molecule has 1 heterocycles. The average molecular weight is 434 g/mol. The first-order chi connectivity index (χ1) is 13.0. The zero-order valence-corrected chi connectivity index (χ0v) is 17.0. The summed E-state index contributed by atoms with van der Waals surface area (Å²) in [6, 6.07) is 8.92. The fourth-order valence-electron chi connectivity index (χ4n) is 3.49. The van der Waals surface area contributed by atoms with Gasteiger partial charge >= 0.3 is 0 Å². The largest absolute Gasteiger partial charge is 0.360 e. The molecule has 0 radical (unpaired) electrons. The van der Waals surface area contributed by atoms with Crippen molar-refractivity contribution >= 4 is 33.6 Å². The van der Waals surface area contributed by atoms with E-state index in [-0.39, 0.29) is 18.4 Å². The van der Waals surface area contributed by atoms with Gasteiger partial charge in [-0.3, -0.25) is 9.59 Å². The van der Waals surface area contributed by atoms with E-state index in [0.717, 1.165) is 17.3 Å². The zero-order chi connectivity index (χ0) is 19.2. The minimum Gasteiger partial charge on any atom is -0.360 e. The molecule has 2 aromatic rings. The van der Waals surface area contributed by atoms with Crippen molar-refractivity contribution in [3.8, 4) is 0 Å². The first-order valence-electron chi connectivity index (χ1n) is 9.29. The number of nitrogens with one attached hydrogen (secondary N) is 1. The van der Waals surface area contributed by atoms with Crippen molar-refractivity contribution < 1.29 is 14.1 Å². The van der Waals surface area contributed by atoms with Crippen LogP contribution < -0.4 is 5.32 Å². The average Bonchev–Trinajstić information content (AvgIpc) is 3.06. The first-order valence-corrected chi connectivity index (χ1v) is 10.1. The van der Waals surface area contributed by atoms with E-state index in [1.54, 1.807) is 30.0 Å². The molecular formula is C20H24BrN3O3. The Morgan fingerprint density at radius 2 is 2.04 bits per heavy atom. The van der Waals surface area contributed by atoms with Gasteiger partial charge in [0, 0.05) is 22.6 Å². The number of rotatable bonds is 6. The summed E-state index contributed by atoms with van der Waals surface area (Å²) in [5.74, 6) is 1.02. The number of amides is 2. The summed E-state index contributed by atoms with van der Waals surface area (Å²) in [6.45, 7) is 2.35. The number of halogens is 1. The van der Waals surface area contributed by atoms with Gasteiger partial charge in [0.05, 0.1) is 0 Å². The molecule has 1 aromatic heterocycles. The van der Waals surface area contributed by atoms with E-state index in [4.69, 9.17) is 4.52 Å². The maximum Gasteiger partial charge on any atom is 0.254 e. The van der Waals surface area contributed by atoms with E-state index in [1.165, 1.54) is 19.3 Å². The number of aromatic nitrogens is 1. The Morgan fingerprint density at radius 3 is 2.70 bits per heavy atom. The molecule has 0 aliphatic heterocycles. The van der Waals surface area contributed by atoms with Gasteiger partial charge in [-0.25, -0.2) is 0 Å². The van der Waals surface area contributed by atoms with E-state index >= 15 is 0 Å². The molecule has 2 amide bonds. The van der Waals surface area contributed by atoms with E-state index in [9.17, 15) is 9.59 Å². The molecule has 144 valence electrons. The fraction of sp³-hybridized carbons (Fsp3) is 0.450. The lowest BCUT2D eigenvalue weighted by Crippen LogP contribution is -2.41. The van der Waals surface area contributed by atoms with Gasteiger partial charge in [0.25, 0.3) is 5.91 Å². The van der Waals surface area contributed by atoms with Crippen molar-refractivity contribution in [2.24, 2.45) is 5.92 Å². The Kier molecular flexibility index (Phi) is 6.66. The molecule has 1 aliphatic carbocycles. The third kappa shape index (κ3) is 5.66. The highest BCUT2D eigenvalue weighted by molar-refractivity contribution is 9.10. The van der Waals surface area contributed by atoms with Gasteiger partial charge in [0.2, 0.25) is 5.91 Å². The monoisotopic (exact) mass is 433 g/mol. The van der Waals surface area contributed by atoms with Crippen LogP contribution in [0.1, 0.15) is 48.2 Å². The maximum absolute atomic E-state index is 13.1. The molecule has 1 fully saturated rings. The Labute approximate surface area is 167 Å². The van der Waals surface area contributed by atoms with Crippen molar-refractivity contribution in [2.45, 2.75) is 39.0 Å². The third-order valence-electron chi connectivity index (χ3n) is 4.79. The van der Waals surface area contributed by atoms with E-state index in [2.05, 4.69) is 26.4 Å². The number of hydrogen-bond donors (Lipinski definition) is 1. The Hall–Kier alpha value is -2.15. The van der Waals surface area contributed by atoms with Crippen LogP contribution in [0.5, 0.6) is 0 Å². The highest BCUT2D eigenvalue weighted by atomic mass is 79.9. The van der Waals surface area contributed by atoms with Gasteiger partial charge in [-0.1, -0.05) is 46.4 Å². The summed E-state index contributed by atoms with van der Waals surface area (Å²) >= 11 is 3.41. The normalized spacial score (nSPS) is 14.7. The van der Waals surface area contributed by atoms with Crippen LogP contribution in [0.4, 0.5) is 5.82 Å². The minimum atomic E-state index is -0.276. The summed E-state index contributed by atoms with van der Waals surface area (Å²) in [5, 5.41) is 6.48. The lowest BCUT2D eigenvalue weighted by molar-refractivity contribution is -0.117. The predicted molar refractivity (Wildman–Crippen MR) is 106 cm³/mol. The SMILES string of the molecule is Cc1cc(NC(=O)CN(CC2CCCCC2)C(=O)c2cccc(Br)c2)no1. The number of anilines is 1. The third-order valence-corrected chi connectivity index (χ3v) is 5.29. The molecule has 0 saturated heterocycles. The second-order valence-corrected chi connectivity index (χ2v) is 7.99. The Morgan fingerprint density at radius 1 is 1.26 bits per heavy atom. The number of hydrogen-bond acceptors (Lipinski definition) is 4. The van der Waals surface area contributed by atoms with Crippen LogP contribution in [0.25, 0.3) is 0 Å². The smallest absolute Gasteiger partial charge is 0.254 e. The number of carbonyl (C=O) groups is 2. The van der Waals surface area contributed by atoms with Crippen LogP contribution in [-0.2, 0) is 4.79 Å². The van der Waals surface area contributed by atoms with Crippen molar-refractivity contribution in [2.75, 3.05) is 18.4 Å². The topological polar surface area (TPSA) is 75.4 Å². The lowest BCUT2D eigenvalue weighted by atomic mass is 9.89. The van der Waals surface area contributed by atoms with Gasteiger partial charge in [0.15, 0.2) is 5.82 Å². The minimum absolute atomic E-state index is 0.00620. The standard InChI is InChI=1S/C20H24BrN3O3/c1-14-10-18(23-27-14)22-19(25)13-24(12-15-6-3-2-4-7-15)20(26)16-8-5-9-17(21)11-16/h5,8-11,15H,2-4,6-7,12-13H2,1H3,(H,22,23,25). The zero-order valence-electron chi connectivity index (χ0n) is 15.4. The molecule has 3 rings (SSSR count). The molecule has 0 unspecified atom stereocenters. The molecule has 1 saturated carbocycles. The molecule has 27 heavy (non-hydrogen) atoms. The molecule has 1 N–H and O–H groups in total. The van der Waals surface area contributed by atoms with Gasteiger partial charge in [-0.15, -0.1) is 0 Å². The Balaban J connectivity index is 1.71. The number of carbonyl (C=O) groups excluding carboxylic acids is 2. The molecular weight excluding hydrogens is 410 g/mol. The molecule has 0 bridgehead atoms. The van der Waals surface area contributed by atoms with E-state index in [1.807, 2.05) is 12.1 Å². The molecule has 1 aliphatic rings. The van der Waals surface area contributed by atoms with Crippen LogP contribution in [-0.4, -0.2) is 35.0 Å². The molecule has 7 heteroatoms. The van der Waals surface area contributed by atoms with Crippen molar-refractivity contribution in [3.63, 3.8) is 0 Å². The van der Waals surface area contributed by atoms with Crippen molar-refractivity contribution in [3.05, 3.63) is 46.1 Å². The highest BCUT2D eigenvalue weighted by Gasteiger charge is 2.24. The summed E-state index contributed by atoms with van der Waals surface area (Å²) in [6.07, 6.45) is 5.84.